The zero-order chi connectivity index (χ0) is 11.4. The molecule has 92 valence electrons. The van der Waals surface area contributed by atoms with Gasteiger partial charge in [-0.15, -0.1) is 0 Å². The summed E-state index contributed by atoms with van der Waals surface area (Å²) in [5, 5.41) is 0. The van der Waals surface area contributed by atoms with Crippen molar-refractivity contribution in [3.63, 3.8) is 0 Å². The molecular formula is C13H23NO2. The van der Waals surface area contributed by atoms with Crippen molar-refractivity contribution in [3.05, 3.63) is 0 Å². The number of hydrogen-bond acceptors (Lipinski definition) is 3. The lowest BCUT2D eigenvalue weighted by Crippen LogP contribution is -2.44. The molecule has 0 aromatic rings. The summed E-state index contributed by atoms with van der Waals surface area (Å²) in [5.41, 5.74) is -0.219. The highest BCUT2D eigenvalue weighted by atomic mass is 16.5. The topological polar surface area (TPSA) is 29.5 Å². The van der Waals surface area contributed by atoms with Gasteiger partial charge in [0.25, 0.3) is 0 Å². The maximum absolute atomic E-state index is 11.3. The van der Waals surface area contributed by atoms with Gasteiger partial charge in [0.1, 0.15) is 6.29 Å². The van der Waals surface area contributed by atoms with Crippen LogP contribution in [0.2, 0.25) is 0 Å². The molecule has 3 nitrogen and oxygen atoms in total. The van der Waals surface area contributed by atoms with E-state index in [0.29, 0.717) is 6.61 Å². The first-order chi connectivity index (χ1) is 7.78. The summed E-state index contributed by atoms with van der Waals surface area (Å²) in [6.07, 6.45) is 5.92. The summed E-state index contributed by atoms with van der Waals surface area (Å²) in [6.45, 7) is 6.74. The Bertz CT molecular complexity index is 232. The SMILES string of the molecule is CCN(CC1CC1)CC1(C=O)CCCOC1. The second-order valence-electron chi connectivity index (χ2n) is 5.41. The number of hydrogen-bond donors (Lipinski definition) is 0. The van der Waals surface area contributed by atoms with Gasteiger partial charge in [0, 0.05) is 19.7 Å². The molecule has 1 unspecified atom stereocenters. The van der Waals surface area contributed by atoms with Crippen molar-refractivity contribution in [1.82, 2.24) is 4.90 Å². The molecule has 0 aromatic carbocycles. The Morgan fingerprint density at radius 2 is 2.31 bits per heavy atom. The molecule has 1 aliphatic carbocycles. The molecule has 1 atom stereocenters. The van der Waals surface area contributed by atoms with Crippen LogP contribution in [0, 0.1) is 11.3 Å². The van der Waals surface area contributed by atoms with E-state index in [0.717, 1.165) is 44.7 Å². The molecule has 3 heteroatoms. The van der Waals surface area contributed by atoms with Crippen LogP contribution in [0.3, 0.4) is 0 Å². The van der Waals surface area contributed by atoms with E-state index in [1.165, 1.54) is 19.4 Å². The Balaban J connectivity index is 1.89. The van der Waals surface area contributed by atoms with E-state index in [4.69, 9.17) is 4.74 Å². The Kier molecular flexibility index (Phi) is 3.98. The molecule has 0 amide bonds. The molecule has 0 bridgehead atoms. The largest absolute Gasteiger partial charge is 0.380 e. The third kappa shape index (κ3) is 3.05. The van der Waals surface area contributed by atoms with E-state index in [1.54, 1.807) is 0 Å². The molecule has 2 rings (SSSR count). The van der Waals surface area contributed by atoms with Gasteiger partial charge < -0.3 is 14.4 Å². The van der Waals surface area contributed by atoms with Crippen LogP contribution in [0.4, 0.5) is 0 Å². The zero-order valence-corrected chi connectivity index (χ0v) is 10.3. The average molecular weight is 225 g/mol. The van der Waals surface area contributed by atoms with Gasteiger partial charge in [-0.25, -0.2) is 0 Å². The minimum absolute atomic E-state index is 0.219. The highest BCUT2D eigenvalue weighted by Gasteiger charge is 2.35. The molecule has 0 radical (unpaired) electrons. The lowest BCUT2D eigenvalue weighted by Gasteiger charge is -2.36. The fourth-order valence-electron chi connectivity index (χ4n) is 2.55. The van der Waals surface area contributed by atoms with Crippen LogP contribution >= 0.6 is 0 Å². The summed E-state index contributed by atoms with van der Waals surface area (Å²) in [7, 11) is 0. The van der Waals surface area contributed by atoms with Gasteiger partial charge in [0.15, 0.2) is 0 Å². The average Bonchev–Trinajstić information content (AvgIpc) is 3.13. The maximum atomic E-state index is 11.3. The smallest absolute Gasteiger partial charge is 0.129 e. The van der Waals surface area contributed by atoms with Crippen LogP contribution in [-0.4, -0.2) is 44.0 Å². The molecular weight excluding hydrogens is 202 g/mol. The van der Waals surface area contributed by atoms with Crippen LogP contribution < -0.4 is 0 Å². The minimum Gasteiger partial charge on any atom is -0.380 e. The molecule has 0 spiro atoms. The molecule has 16 heavy (non-hydrogen) atoms. The first kappa shape index (κ1) is 12.1. The first-order valence-electron chi connectivity index (χ1n) is 6.54. The van der Waals surface area contributed by atoms with Crippen LogP contribution in [0.1, 0.15) is 32.6 Å². The van der Waals surface area contributed by atoms with Crippen molar-refractivity contribution < 1.29 is 9.53 Å². The van der Waals surface area contributed by atoms with Crippen LogP contribution in [0.25, 0.3) is 0 Å². The summed E-state index contributed by atoms with van der Waals surface area (Å²) < 4.78 is 5.48. The number of aldehydes is 1. The molecule has 2 fully saturated rings. The van der Waals surface area contributed by atoms with Gasteiger partial charge in [-0.1, -0.05) is 6.92 Å². The molecule has 1 heterocycles. The van der Waals surface area contributed by atoms with E-state index in [-0.39, 0.29) is 5.41 Å². The summed E-state index contributed by atoms with van der Waals surface area (Å²) in [4.78, 5) is 13.8. The number of carbonyl (C=O) groups is 1. The Hall–Kier alpha value is -0.410. The lowest BCUT2D eigenvalue weighted by atomic mass is 9.83. The normalized spacial score (nSPS) is 30.6. The Morgan fingerprint density at radius 3 is 2.81 bits per heavy atom. The monoisotopic (exact) mass is 225 g/mol. The molecule has 1 saturated carbocycles. The van der Waals surface area contributed by atoms with Gasteiger partial charge in [0.2, 0.25) is 0 Å². The molecule has 1 aliphatic heterocycles. The Labute approximate surface area is 98.1 Å². The van der Waals surface area contributed by atoms with Crippen molar-refractivity contribution in [3.8, 4) is 0 Å². The van der Waals surface area contributed by atoms with Crippen molar-refractivity contribution in [2.24, 2.45) is 11.3 Å². The van der Waals surface area contributed by atoms with Gasteiger partial charge >= 0.3 is 0 Å². The van der Waals surface area contributed by atoms with Crippen molar-refractivity contribution in [2.75, 3.05) is 32.8 Å². The molecule has 2 aliphatic rings. The number of rotatable bonds is 6. The van der Waals surface area contributed by atoms with Gasteiger partial charge in [0.05, 0.1) is 12.0 Å². The quantitative estimate of drug-likeness (QED) is 0.645. The maximum Gasteiger partial charge on any atom is 0.129 e. The van der Waals surface area contributed by atoms with Crippen molar-refractivity contribution in [1.29, 1.82) is 0 Å². The third-order valence-electron chi connectivity index (χ3n) is 3.80. The predicted molar refractivity (Wildman–Crippen MR) is 63.4 cm³/mol. The first-order valence-corrected chi connectivity index (χ1v) is 6.54. The lowest BCUT2D eigenvalue weighted by molar-refractivity contribution is -0.125. The van der Waals surface area contributed by atoms with Crippen LogP contribution in [-0.2, 0) is 9.53 Å². The van der Waals surface area contributed by atoms with Gasteiger partial charge in [-0.2, -0.15) is 0 Å². The molecule has 0 N–H and O–H groups in total. The third-order valence-corrected chi connectivity index (χ3v) is 3.80. The number of ether oxygens (including phenoxy) is 1. The predicted octanol–water partition coefficient (Wildman–Crippen LogP) is 1.71. The minimum atomic E-state index is -0.219. The van der Waals surface area contributed by atoms with E-state index in [2.05, 4.69) is 11.8 Å². The summed E-state index contributed by atoms with van der Waals surface area (Å²) in [6, 6.07) is 0. The summed E-state index contributed by atoms with van der Waals surface area (Å²) in [5.74, 6) is 0.896. The van der Waals surface area contributed by atoms with Crippen molar-refractivity contribution >= 4 is 6.29 Å². The van der Waals surface area contributed by atoms with Crippen LogP contribution in [0.15, 0.2) is 0 Å². The van der Waals surface area contributed by atoms with E-state index < -0.39 is 0 Å². The van der Waals surface area contributed by atoms with Gasteiger partial charge in [-0.05, 0) is 38.1 Å². The molecule has 0 aromatic heterocycles. The van der Waals surface area contributed by atoms with E-state index in [9.17, 15) is 4.79 Å². The zero-order valence-electron chi connectivity index (χ0n) is 10.3. The van der Waals surface area contributed by atoms with E-state index in [1.807, 2.05) is 0 Å². The fraction of sp³-hybridized carbons (Fsp3) is 0.923. The molecule has 1 saturated heterocycles. The highest BCUT2D eigenvalue weighted by molar-refractivity contribution is 5.60. The number of nitrogens with zero attached hydrogens (tertiary/aromatic N) is 1. The van der Waals surface area contributed by atoms with Gasteiger partial charge in [-0.3, -0.25) is 0 Å². The summed E-state index contributed by atoms with van der Waals surface area (Å²) >= 11 is 0. The fourth-order valence-corrected chi connectivity index (χ4v) is 2.55. The number of carbonyl (C=O) groups excluding carboxylic acids is 1. The van der Waals surface area contributed by atoms with Crippen LogP contribution in [0.5, 0.6) is 0 Å². The van der Waals surface area contributed by atoms with Crippen molar-refractivity contribution in [2.45, 2.75) is 32.6 Å². The highest BCUT2D eigenvalue weighted by Crippen LogP contribution is 2.32. The van der Waals surface area contributed by atoms with E-state index >= 15 is 0 Å². The standard InChI is InChI=1S/C13H23NO2/c1-2-14(8-12-4-5-12)9-13(10-15)6-3-7-16-11-13/h10,12H,2-9,11H2,1H3. The second kappa shape index (κ2) is 5.28. The second-order valence-corrected chi connectivity index (χ2v) is 5.41. The Morgan fingerprint density at radius 1 is 1.50 bits per heavy atom.